The average Bonchev–Trinajstić information content (AvgIpc) is 2.61. The van der Waals surface area contributed by atoms with Gasteiger partial charge in [0.1, 0.15) is 5.82 Å². The van der Waals surface area contributed by atoms with Crippen LogP contribution in [0.4, 0.5) is 4.39 Å². The molecule has 1 unspecified atom stereocenters. The fourth-order valence-electron chi connectivity index (χ4n) is 3.43. The molecule has 27 heavy (non-hydrogen) atoms. The fraction of sp³-hybridized carbons (Fsp3) is 0.350. The molecular weight excluding hydrogens is 367 g/mol. The molecule has 0 bridgehead atoms. The van der Waals surface area contributed by atoms with Crippen LogP contribution in [-0.4, -0.2) is 31.2 Å². The predicted molar refractivity (Wildman–Crippen MR) is 101 cm³/mol. The van der Waals surface area contributed by atoms with Gasteiger partial charge < -0.3 is 5.32 Å². The van der Waals surface area contributed by atoms with Crippen LogP contribution >= 0.6 is 0 Å². The molecule has 1 aliphatic rings. The van der Waals surface area contributed by atoms with Crippen LogP contribution in [0.15, 0.2) is 53.4 Å². The van der Waals surface area contributed by atoms with Crippen molar-refractivity contribution in [1.82, 2.24) is 9.62 Å². The van der Waals surface area contributed by atoms with Gasteiger partial charge in [-0.05, 0) is 55.7 Å². The van der Waals surface area contributed by atoms with Gasteiger partial charge in [-0.1, -0.05) is 24.3 Å². The van der Waals surface area contributed by atoms with Crippen molar-refractivity contribution in [3.63, 3.8) is 0 Å². The van der Waals surface area contributed by atoms with Gasteiger partial charge >= 0.3 is 0 Å². The third kappa shape index (κ3) is 4.20. The first-order valence-corrected chi connectivity index (χ1v) is 10.4. The molecular formula is C20H23FN2O3S. The fourth-order valence-corrected chi connectivity index (χ4v) is 5.03. The maximum atomic E-state index is 13.2. The van der Waals surface area contributed by atoms with Crippen LogP contribution < -0.4 is 5.32 Å². The molecule has 5 nitrogen and oxygen atoms in total. The van der Waals surface area contributed by atoms with E-state index in [1.54, 1.807) is 0 Å². The molecule has 0 aliphatic carbocycles. The number of carbonyl (C=O) groups is 1. The Bertz CT molecular complexity index is 926. The van der Waals surface area contributed by atoms with Gasteiger partial charge in [0, 0.05) is 19.0 Å². The number of benzene rings is 2. The van der Waals surface area contributed by atoms with Crippen molar-refractivity contribution in [2.45, 2.75) is 43.7 Å². The largest absolute Gasteiger partial charge is 0.354 e. The van der Waals surface area contributed by atoms with E-state index in [1.165, 1.54) is 16.4 Å². The van der Waals surface area contributed by atoms with Crippen molar-refractivity contribution < 1.29 is 17.6 Å². The lowest BCUT2D eigenvalue weighted by atomic mass is 9.92. The Morgan fingerprint density at radius 3 is 2.52 bits per heavy atom. The predicted octanol–water partition coefficient (Wildman–Crippen LogP) is 3.03. The third-order valence-electron chi connectivity index (χ3n) is 4.61. The monoisotopic (exact) mass is 390 g/mol. The summed E-state index contributed by atoms with van der Waals surface area (Å²) in [6.07, 6.45) is 0.606. The molecule has 0 radical (unpaired) electrons. The van der Waals surface area contributed by atoms with Gasteiger partial charge in [0.2, 0.25) is 15.9 Å². The maximum Gasteiger partial charge on any atom is 0.243 e. The highest BCUT2D eigenvalue weighted by molar-refractivity contribution is 7.89. The van der Waals surface area contributed by atoms with Gasteiger partial charge in [-0.2, -0.15) is 4.31 Å². The minimum absolute atomic E-state index is 0.0255. The van der Waals surface area contributed by atoms with Crippen LogP contribution in [0.3, 0.4) is 0 Å². The summed E-state index contributed by atoms with van der Waals surface area (Å²) in [5.74, 6) is -0.697. The van der Waals surface area contributed by atoms with E-state index >= 15 is 0 Å². The molecule has 1 heterocycles. The van der Waals surface area contributed by atoms with E-state index in [9.17, 15) is 17.6 Å². The summed E-state index contributed by atoms with van der Waals surface area (Å²) in [4.78, 5) is 12.4. The second-order valence-electron chi connectivity index (χ2n) is 6.96. The zero-order chi connectivity index (χ0) is 19.6. The zero-order valence-corrected chi connectivity index (χ0v) is 16.2. The molecule has 2 aromatic carbocycles. The first-order chi connectivity index (χ1) is 12.8. The lowest BCUT2D eigenvalue weighted by Gasteiger charge is -2.36. The van der Waals surface area contributed by atoms with Crippen LogP contribution in [0.5, 0.6) is 0 Å². The van der Waals surface area contributed by atoms with Gasteiger partial charge in [0.25, 0.3) is 0 Å². The Morgan fingerprint density at radius 2 is 1.85 bits per heavy atom. The highest BCUT2D eigenvalue weighted by Gasteiger charge is 2.37. The smallest absolute Gasteiger partial charge is 0.243 e. The number of carbonyl (C=O) groups excluding carboxylic acids is 1. The molecule has 0 spiro atoms. The molecule has 2 aromatic rings. The van der Waals surface area contributed by atoms with Crippen molar-refractivity contribution in [3.05, 3.63) is 65.5 Å². The number of halogens is 1. The molecule has 0 fully saturated rings. The lowest BCUT2D eigenvalue weighted by molar-refractivity contribution is -0.122. The highest BCUT2D eigenvalue weighted by atomic mass is 32.2. The summed E-state index contributed by atoms with van der Waals surface area (Å²) >= 11 is 0. The van der Waals surface area contributed by atoms with Gasteiger partial charge in [-0.25, -0.2) is 12.8 Å². The van der Waals surface area contributed by atoms with E-state index in [0.717, 1.165) is 23.3 Å². The molecule has 7 heteroatoms. The molecule has 1 aliphatic heterocycles. The Morgan fingerprint density at radius 1 is 1.19 bits per heavy atom. The van der Waals surface area contributed by atoms with Crippen LogP contribution in [0.2, 0.25) is 0 Å². The van der Waals surface area contributed by atoms with Gasteiger partial charge in [-0.15, -0.1) is 0 Å². The topological polar surface area (TPSA) is 66.5 Å². The molecule has 3 rings (SSSR count). The third-order valence-corrected chi connectivity index (χ3v) is 6.53. The van der Waals surface area contributed by atoms with E-state index in [4.69, 9.17) is 0 Å². The Kier molecular flexibility index (Phi) is 5.62. The first-order valence-electron chi connectivity index (χ1n) is 8.93. The normalized spacial score (nSPS) is 17.6. The van der Waals surface area contributed by atoms with Gasteiger partial charge in [0.05, 0.1) is 10.9 Å². The number of sulfonamides is 1. The number of fused-ring (bicyclic) bond motifs is 1. The Hall–Kier alpha value is -2.25. The zero-order valence-electron chi connectivity index (χ0n) is 15.4. The SMILES string of the molecule is CC(C)NC(=O)CC1c2ccccc2CCN1S(=O)(=O)c1ccc(F)cc1. The molecule has 144 valence electrons. The van der Waals surface area contributed by atoms with Gasteiger partial charge in [-0.3, -0.25) is 4.79 Å². The maximum absolute atomic E-state index is 13.2. The summed E-state index contributed by atoms with van der Waals surface area (Å²) in [5, 5.41) is 2.83. The summed E-state index contributed by atoms with van der Waals surface area (Å²) in [6.45, 7) is 4.00. The van der Waals surface area contributed by atoms with Crippen LogP contribution in [0.1, 0.15) is 37.4 Å². The minimum Gasteiger partial charge on any atom is -0.354 e. The van der Waals surface area contributed by atoms with Gasteiger partial charge in [0.15, 0.2) is 0 Å². The molecule has 1 amide bonds. The van der Waals surface area contributed by atoms with Crippen LogP contribution in [-0.2, 0) is 21.2 Å². The van der Waals surface area contributed by atoms with E-state index in [0.29, 0.717) is 6.42 Å². The first kappa shape index (κ1) is 19.5. The van der Waals surface area contributed by atoms with Crippen LogP contribution in [0, 0.1) is 5.82 Å². The van der Waals surface area contributed by atoms with E-state index < -0.39 is 21.9 Å². The molecule has 0 aromatic heterocycles. The second kappa shape index (κ2) is 7.78. The molecule has 1 N–H and O–H groups in total. The second-order valence-corrected chi connectivity index (χ2v) is 8.85. The van der Waals surface area contributed by atoms with Crippen LogP contribution in [0.25, 0.3) is 0 Å². The quantitative estimate of drug-likeness (QED) is 0.853. The highest BCUT2D eigenvalue weighted by Crippen LogP contribution is 2.36. The number of amides is 1. The minimum atomic E-state index is -3.86. The van der Waals surface area contributed by atoms with E-state index in [-0.39, 0.29) is 29.8 Å². The standard InChI is InChI=1S/C20H23FN2O3S/c1-14(2)22-20(24)13-19-18-6-4-3-5-15(18)11-12-23(19)27(25,26)17-9-7-16(21)8-10-17/h3-10,14,19H,11-13H2,1-2H3,(H,22,24). The molecule has 1 atom stereocenters. The summed E-state index contributed by atoms with van der Waals surface area (Å²) in [5.41, 5.74) is 1.89. The summed E-state index contributed by atoms with van der Waals surface area (Å²) < 4.78 is 41.0. The van der Waals surface area contributed by atoms with Crippen molar-refractivity contribution in [2.24, 2.45) is 0 Å². The molecule has 0 saturated carbocycles. The molecule has 0 saturated heterocycles. The van der Waals surface area contributed by atoms with Crippen molar-refractivity contribution >= 4 is 15.9 Å². The Balaban J connectivity index is 1.99. The van der Waals surface area contributed by atoms with Crippen molar-refractivity contribution in [3.8, 4) is 0 Å². The van der Waals surface area contributed by atoms with Crippen molar-refractivity contribution in [1.29, 1.82) is 0 Å². The average molecular weight is 390 g/mol. The van der Waals surface area contributed by atoms with Crippen molar-refractivity contribution in [2.75, 3.05) is 6.54 Å². The number of nitrogens with one attached hydrogen (secondary N) is 1. The summed E-state index contributed by atoms with van der Waals surface area (Å²) in [7, 11) is -3.86. The number of nitrogens with zero attached hydrogens (tertiary/aromatic N) is 1. The Labute approximate surface area is 159 Å². The van der Waals surface area contributed by atoms with E-state index in [1.807, 2.05) is 38.1 Å². The van der Waals surface area contributed by atoms with E-state index in [2.05, 4.69) is 5.32 Å². The lowest BCUT2D eigenvalue weighted by Crippen LogP contribution is -2.43. The number of rotatable bonds is 5. The summed E-state index contributed by atoms with van der Waals surface area (Å²) in [6, 6.07) is 11.7. The number of hydrogen-bond acceptors (Lipinski definition) is 3. The number of hydrogen-bond donors (Lipinski definition) is 1.